The van der Waals surface area contributed by atoms with Crippen molar-refractivity contribution in [2.45, 2.75) is 13.0 Å². The summed E-state index contributed by atoms with van der Waals surface area (Å²) in [6, 6.07) is 12.7. The van der Waals surface area contributed by atoms with Crippen molar-refractivity contribution in [1.82, 2.24) is 15.8 Å². The normalized spacial score (nSPS) is 10.7. The first-order valence-corrected chi connectivity index (χ1v) is 7.72. The van der Waals surface area contributed by atoms with Crippen LogP contribution in [-0.2, 0) is 11.2 Å². The van der Waals surface area contributed by atoms with E-state index in [1.54, 1.807) is 6.20 Å². The van der Waals surface area contributed by atoms with E-state index < -0.39 is 12.5 Å². The molecule has 0 saturated carbocycles. The molecule has 2 aromatic carbocycles. The molecule has 1 heterocycles. The van der Waals surface area contributed by atoms with Crippen molar-refractivity contribution < 1.29 is 23.1 Å². The summed E-state index contributed by atoms with van der Waals surface area (Å²) in [4.78, 5) is 27.1. The summed E-state index contributed by atoms with van der Waals surface area (Å²) >= 11 is 0. The zero-order valence-electron chi connectivity index (χ0n) is 13.5. The first-order valence-electron chi connectivity index (χ1n) is 7.72. The van der Waals surface area contributed by atoms with Crippen LogP contribution in [0.3, 0.4) is 0 Å². The number of aromatic nitrogens is 1. The number of ether oxygens (including phenoxy) is 1. The third-order valence-electron chi connectivity index (χ3n) is 3.68. The quantitative estimate of drug-likeness (QED) is 0.613. The number of hydrazine groups is 1. The Bertz CT molecular complexity index is 923. The van der Waals surface area contributed by atoms with Crippen molar-refractivity contribution in [2.75, 3.05) is 0 Å². The Labute approximate surface area is 147 Å². The fourth-order valence-corrected chi connectivity index (χ4v) is 2.48. The molecule has 0 saturated heterocycles. The van der Waals surface area contributed by atoms with Crippen molar-refractivity contribution >= 4 is 22.7 Å². The van der Waals surface area contributed by atoms with Gasteiger partial charge in [0.15, 0.2) is 0 Å². The number of para-hydroxylation sites is 1. The van der Waals surface area contributed by atoms with Gasteiger partial charge in [0.2, 0.25) is 5.91 Å². The Hall–Kier alpha value is -3.42. The van der Waals surface area contributed by atoms with Crippen LogP contribution in [0.5, 0.6) is 5.75 Å². The summed E-state index contributed by atoms with van der Waals surface area (Å²) in [7, 11) is 0. The topological polar surface area (TPSA) is 83.2 Å². The summed E-state index contributed by atoms with van der Waals surface area (Å²) < 4.78 is 28.4. The molecule has 0 aliphatic rings. The molecule has 1 aromatic heterocycles. The van der Waals surface area contributed by atoms with Gasteiger partial charge in [-0.05, 0) is 35.9 Å². The maximum absolute atomic E-state index is 12.1. The monoisotopic (exact) mass is 359 g/mol. The number of rotatable bonds is 5. The van der Waals surface area contributed by atoms with Crippen LogP contribution in [0.4, 0.5) is 8.78 Å². The highest BCUT2D eigenvalue weighted by atomic mass is 19.3. The first-order chi connectivity index (χ1) is 12.5. The highest BCUT2D eigenvalue weighted by Gasteiger charge is 2.11. The lowest BCUT2D eigenvalue weighted by Gasteiger charge is -2.08. The Balaban J connectivity index is 1.54. The SMILES string of the molecule is O=C(Cc1c[nH]c2ccccc12)NNC(=O)c1ccc(OC(F)F)cc1. The number of nitrogens with one attached hydrogen (secondary N) is 3. The van der Waals surface area contributed by atoms with Crippen LogP contribution < -0.4 is 15.6 Å². The van der Waals surface area contributed by atoms with Gasteiger partial charge in [0, 0.05) is 22.7 Å². The van der Waals surface area contributed by atoms with E-state index in [9.17, 15) is 18.4 Å². The second-order valence-electron chi connectivity index (χ2n) is 5.44. The third kappa shape index (κ3) is 4.15. The van der Waals surface area contributed by atoms with Crippen LogP contribution in [0.1, 0.15) is 15.9 Å². The van der Waals surface area contributed by atoms with Gasteiger partial charge >= 0.3 is 6.61 Å². The second kappa shape index (κ2) is 7.64. The van der Waals surface area contributed by atoms with Crippen molar-refractivity contribution in [3.05, 3.63) is 65.9 Å². The van der Waals surface area contributed by atoms with Gasteiger partial charge in [-0.25, -0.2) is 0 Å². The van der Waals surface area contributed by atoms with Gasteiger partial charge in [0.25, 0.3) is 5.91 Å². The average Bonchev–Trinajstić information content (AvgIpc) is 3.03. The zero-order chi connectivity index (χ0) is 18.5. The Morgan fingerprint density at radius 2 is 1.77 bits per heavy atom. The number of hydrogen-bond acceptors (Lipinski definition) is 3. The highest BCUT2D eigenvalue weighted by molar-refractivity contribution is 5.96. The molecule has 26 heavy (non-hydrogen) atoms. The molecule has 0 fully saturated rings. The van der Waals surface area contributed by atoms with Crippen LogP contribution in [0.15, 0.2) is 54.7 Å². The molecule has 0 atom stereocenters. The molecule has 0 unspecified atom stereocenters. The summed E-state index contributed by atoms with van der Waals surface area (Å²) in [6.45, 7) is -2.93. The van der Waals surface area contributed by atoms with Crippen molar-refractivity contribution in [3.63, 3.8) is 0 Å². The number of carbonyl (C=O) groups is 2. The molecule has 2 amide bonds. The Morgan fingerprint density at radius 3 is 2.50 bits per heavy atom. The van der Waals surface area contributed by atoms with Crippen LogP contribution in [0.2, 0.25) is 0 Å². The Kier molecular flexibility index (Phi) is 5.12. The maximum atomic E-state index is 12.1. The number of fused-ring (bicyclic) bond motifs is 1. The fourth-order valence-electron chi connectivity index (χ4n) is 2.48. The van der Waals surface area contributed by atoms with Crippen molar-refractivity contribution in [3.8, 4) is 5.75 Å². The van der Waals surface area contributed by atoms with E-state index in [2.05, 4.69) is 20.6 Å². The van der Waals surface area contributed by atoms with Crippen LogP contribution in [0.25, 0.3) is 10.9 Å². The van der Waals surface area contributed by atoms with Crippen LogP contribution in [0, 0.1) is 0 Å². The van der Waals surface area contributed by atoms with Crippen molar-refractivity contribution in [1.29, 1.82) is 0 Å². The van der Waals surface area contributed by atoms with Gasteiger partial charge in [-0.1, -0.05) is 18.2 Å². The van der Waals surface area contributed by atoms with E-state index in [0.717, 1.165) is 16.5 Å². The lowest BCUT2D eigenvalue weighted by Crippen LogP contribution is -2.42. The summed E-state index contributed by atoms with van der Waals surface area (Å²) in [6.07, 6.45) is 1.83. The number of carbonyl (C=O) groups excluding carboxylic acids is 2. The number of alkyl halides is 2. The third-order valence-corrected chi connectivity index (χ3v) is 3.68. The van der Waals surface area contributed by atoms with E-state index in [0.29, 0.717) is 0 Å². The molecule has 3 rings (SSSR count). The van der Waals surface area contributed by atoms with E-state index in [1.165, 1.54) is 24.3 Å². The minimum absolute atomic E-state index is 0.0556. The van der Waals surface area contributed by atoms with Gasteiger partial charge in [-0.2, -0.15) is 8.78 Å². The summed E-state index contributed by atoms with van der Waals surface area (Å²) in [5.41, 5.74) is 6.53. The lowest BCUT2D eigenvalue weighted by atomic mass is 10.1. The fraction of sp³-hybridized carbons (Fsp3) is 0.111. The van der Waals surface area contributed by atoms with Crippen molar-refractivity contribution in [2.24, 2.45) is 0 Å². The molecule has 134 valence electrons. The average molecular weight is 359 g/mol. The smallest absolute Gasteiger partial charge is 0.387 e. The van der Waals surface area contributed by atoms with E-state index in [1.807, 2.05) is 24.3 Å². The molecular weight excluding hydrogens is 344 g/mol. The van der Waals surface area contributed by atoms with E-state index >= 15 is 0 Å². The molecular formula is C18H15F2N3O3. The number of amides is 2. The second-order valence-corrected chi connectivity index (χ2v) is 5.44. The number of benzene rings is 2. The van der Waals surface area contributed by atoms with Gasteiger partial charge in [-0.3, -0.25) is 20.4 Å². The van der Waals surface area contributed by atoms with Crippen LogP contribution >= 0.6 is 0 Å². The molecule has 8 heteroatoms. The van der Waals surface area contributed by atoms with Crippen LogP contribution in [-0.4, -0.2) is 23.4 Å². The molecule has 6 nitrogen and oxygen atoms in total. The van der Waals surface area contributed by atoms with Gasteiger partial charge in [0.05, 0.1) is 6.42 Å². The molecule has 0 spiro atoms. The van der Waals surface area contributed by atoms with E-state index in [4.69, 9.17) is 0 Å². The van der Waals surface area contributed by atoms with Gasteiger partial charge < -0.3 is 9.72 Å². The number of hydrogen-bond donors (Lipinski definition) is 3. The van der Waals surface area contributed by atoms with Gasteiger partial charge in [0.1, 0.15) is 5.75 Å². The highest BCUT2D eigenvalue weighted by Crippen LogP contribution is 2.18. The molecule has 3 N–H and O–H groups in total. The lowest BCUT2D eigenvalue weighted by molar-refractivity contribution is -0.121. The van der Waals surface area contributed by atoms with Gasteiger partial charge in [-0.15, -0.1) is 0 Å². The number of H-pyrrole nitrogens is 1. The minimum atomic E-state index is -2.93. The predicted octanol–water partition coefficient (Wildman–Crippen LogP) is 2.77. The molecule has 0 aliphatic carbocycles. The maximum Gasteiger partial charge on any atom is 0.387 e. The first kappa shape index (κ1) is 17.4. The largest absolute Gasteiger partial charge is 0.435 e. The zero-order valence-corrected chi connectivity index (χ0v) is 13.5. The molecule has 0 aliphatic heterocycles. The molecule has 0 bridgehead atoms. The summed E-state index contributed by atoms with van der Waals surface area (Å²) in [5, 5.41) is 0.934. The predicted molar refractivity (Wildman–Crippen MR) is 90.7 cm³/mol. The minimum Gasteiger partial charge on any atom is -0.435 e. The Morgan fingerprint density at radius 1 is 1.04 bits per heavy atom. The molecule has 0 radical (unpaired) electrons. The molecule has 3 aromatic rings. The number of aromatic amines is 1. The number of halogens is 2. The standard InChI is InChI=1S/C18H15F2N3O3/c19-18(20)26-13-7-5-11(6-8-13)17(25)23-22-16(24)9-12-10-21-15-4-2-1-3-14(12)15/h1-8,10,18,21H,9H2,(H,22,24)(H,23,25). The van der Waals surface area contributed by atoms with E-state index in [-0.39, 0.29) is 23.6 Å². The summed E-state index contributed by atoms with van der Waals surface area (Å²) in [5.74, 6) is -1.01.